The molecule has 0 bridgehead atoms. The molecule has 6 aromatic carbocycles. The van der Waals surface area contributed by atoms with Crippen LogP contribution in [-0.4, -0.2) is 0 Å². The van der Waals surface area contributed by atoms with Crippen LogP contribution in [0.4, 0.5) is 15.7 Å². The lowest BCUT2D eigenvalue weighted by Crippen LogP contribution is -2.12. The Morgan fingerprint density at radius 3 is 1.62 bits per heavy atom. The van der Waals surface area contributed by atoms with Crippen LogP contribution in [0.2, 0.25) is 0 Å². The molecule has 8 aromatic rings. The molecule has 8 rings (SSSR count). The van der Waals surface area contributed by atoms with Crippen molar-refractivity contribution < 1.29 is 0 Å². The predicted molar refractivity (Wildman–Crippen MR) is 174 cm³/mol. The monoisotopic (exact) mass is 537 g/mol. The second kappa shape index (κ2) is 8.29. The van der Waals surface area contributed by atoms with Gasteiger partial charge in [-0.05, 0) is 79.0 Å². The Morgan fingerprint density at radius 2 is 1.03 bits per heavy atom. The van der Waals surface area contributed by atoms with Gasteiger partial charge in [-0.25, -0.2) is 0 Å². The van der Waals surface area contributed by atoms with E-state index in [0.717, 1.165) is 0 Å². The molecular formula is C36H27NS2. The molecule has 0 spiro atoms. The van der Waals surface area contributed by atoms with Gasteiger partial charge in [0, 0.05) is 14.8 Å². The van der Waals surface area contributed by atoms with Crippen molar-refractivity contribution >= 4 is 90.9 Å². The van der Waals surface area contributed by atoms with Crippen LogP contribution in [0.3, 0.4) is 0 Å². The van der Waals surface area contributed by atoms with E-state index < -0.39 is 0 Å². The maximum Gasteiger partial charge on any atom is 0.102 e. The van der Waals surface area contributed by atoms with Gasteiger partial charge in [0.2, 0.25) is 0 Å². The van der Waals surface area contributed by atoms with Gasteiger partial charge in [-0.2, -0.15) is 0 Å². The molecule has 188 valence electrons. The van der Waals surface area contributed by atoms with Crippen LogP contribution in [0.25, 0.3) is 52.5 Å². The smallest absolute Gasteiger partial charge is 0.102 e. The highest BCUT2D eigenvalue weighted by atomic mass is 32.1. The molecule has 2 heterocycles. The van der Waals surface area contributed by atoms with Gasteiger partial charge >= 0.3 is 0 Å². The van der Waals surface area contributed by atoms with Crippen molar-refractivity contribution in [1.29, 1.82) is 0 Å². The van der Waals surface area contributed by atoms with Crippen LogP contribution in [0.1, 0.15) is 26.3 Å². The molecule has 0 aliphatic heterocycles. The van der Waals surface area contributed by atoms with E-state index in [1.807, 2.05) is 22.7 Å². The Balaban J connectivity index is 1.46. The van der Waals surface area contributed by atoms with E-state index in [2.05, 4.69) is 135 Å². The van der Waals surface area contributed by atoms with Gasteiger partial charge in [-0.3, -0.25) is 4.90 Å². The molecule has 0 fully saturated rings. The average molecular weight is 538 g/mol. The number of nitrogens with zero attached hydrogens (tertiary/aromatic N) is 1. The molecule has 1 nitrogen and oxygen atoms in total. The number of anilines is 3. The number of fused-ring (bicyclic) bond motifs is 2. The quantitative estimate of drug-likeness (QED) is 0.203. The second-order valence-electron chi connectivity index (χ2n) is 11.5. The summed E-state index contributed by atoms with van der Waals surface area (Å²) >= 11 is 3.73. The van der Waals surface area contributed by atoms with Crippen molar-refractivity contribution in [3.63, 3.8) is 0 Å². The molecule has 2 aromatic heterocycles. The van der Waals surface area contributed by atoms with Crippen LogP contribution in [0, 0.1) is 0 Å². The summed E-state index contributed by atoms with van der Waals surface area (Å²) < 4.78 is 2.62. The highest BCUT2D eigenvalue weighted by molar-refractivity contribution is 7.25. The number of hydrogen-bond acceptors (Lipinski definition) is 3. The zero-order valence-electron chi connectivity index (χ0n) is 22.2. The van der Waals surface area contributed by atoms with E-state index in [1.54, 1.807) is 0 Å². The van der Waals surface area contributed by atoms with Gasteiger partial charge in [0.15, 0.2) is 0 Å². The zero-order valence-corrected chi connectivity index (χ0v) is 23.8. The summed E-state index contributed by atoms with van der Waals surface area (Å²) in [4.78, 5) is 2.49. The molecule has 0 unspecified atom stereocenters. The molecule has 0 N–H and O–H groups in total. The van der Waals surface area contributed by atoms with E-state index in [1.165, 1.54) is 73.7 Å². The highest BCUT2D eigenvalue weighted by Crippen LogP contribution is 2.49. The van der Waals surface area contributed by atoms with Gasteiger partial charge in [-0.15, -0.1) is 22.7 Å². The standard InChI is InChI=1S/C36H27NS2/c1-36(2,3)28-18-14-22-13-17-27-29(19-15-23-12-16-26(28)34(22)35(23)27)37(32-20-24-8-4-6-10-30(24)38-32)33-21-25-9-5-7-11-31(25)39-33/h4-21H,1-3H3. The van der Waals surface area contributed by atoms with Crippen molar-refractivity contribution in [1.82, 2.24) is 0 Å². The first kappa shape index (κ1) is 23.0. The van der Waals surface area contributed by atoms with Crippen molar-refractivity contribution in [2.24, 2.45) is 0 Å². The average Bonchev–Trinajstić information content (AvgIpc) is 3.56. The number of rotatable bonds is 3. The SMILES string of the molecule is CC(C)(C)c1ccc2ccc3c(N(c4cc5ccccc5s4)c4cc5ccccc5s4)ccc4ccc1c2c43. The van der Waals surface area contributed by atoms with E-state index in [-0.39, 0.29) is 5.41 Å². The number of hydrogen-bond donors (Lipinski definition) is 0. The molecule has 0 saturated carbocycles. The maximum atomic E-state index is 2.49. The summed E-state index contributed by atoms with van der Waals surface area (Å²) in [7, 11) is 0. The first-order valence-corrected chi connectivity index (χ1v) is 15.1. The van der Waals surface area contributed by atoms with E-state index in [9.17, 15) is 0 Å². The Bertz CT molecular complexity index is 2030. The Kier molecular flexibility index (Phi) is 4.89. The van der Waals surface area contributed by atoms with Gasteiger partial charge in [-0.1, -0.05) is 99.6 Å². The molecular weight excluding hydrogens is 511 g/mol. The maximum absolute atomic E-state index is 2.49. The predicted octanol–water partition coefficient (Wildman–Crippen LogP) is 11.8. The topological polar surface area (TPSA) is 3.24 Å². The third-order valence-electron chi connectivity index (χ3n) is 7.96. The summed E-state index contributed by atoms with van der Waals surface area (Å²) in [5.41, 5.74) is 2.71. The van der Waals surface area contributed by atoms with Crippen LogP contribution in [-0.2, 0) is 5.41 Å². The van der Waals surface area contributed by atoms with Gasteiger partial charge in [0.1, 0.15) is 10.0 Å². The molecule has 39 heavy (non-hydrogen) atoms. The first-order chi connectivity index (χ1) is 19.0. The molecule has 3 heteroatoms. The third kappa shape index (κ3) is 3.50. The van der Waals surface area contributed by atoms with Gasteiger partial charge < -0.3 is 0 Å². The van der Waals surface area contributed by atoms with Crippen molar-refractivity contribution in [2.45, 2.75) is 26.2 Å². The second-order valence-corrected chi connectivity index (χ2v) is 13.6. The molecule has 0 radical (unpaired) electrons. The van der Waals surface area contributed by atoms with E-state index in [4.69, 9.17) is 0 Å². The molecule has 0 aliphatic carbocycles. The summed E-state index contributed by atoms with van der Waals surface area (Å²) in [6, 6.07) is 40.7. The fourth-order valence-corrected chi connectivity index (χ4v) is 8.38. The molecule has 0 atom stereocenters. The zero-order chi connectivity index (χ0) is 26.3. The van der Waals surface area contributed by atoms with Crippen LogP contribution in [0.15, 0.2) is 109 Å². The number of benzene rings is 6. The Morgan fingerprint density at radius 1 is 0.513 bits per heavy atom. The Hall–Kier alpha value is -3.92. The summed E-state index contributed by atoms with van der Waals surface area (Å²) in [5.74, 6) is 0. The Labute approximate surface area is 235 Å². The van der Waals surface area contributed by atoms with E-state index >= 15 is 0 Å². The van der Waals surface area contributed by atoms with Crippen molar-refractivity contribution in [2.75, 3.05) is 4.90 Å². The van der Waals surface area contributed by atoms with Crippen LogP contribution >= 0.6 is 22.7 Å². The van der Waals surface area contributed by atoms with Crippen LogP contribution < -0.4 is 4.90 Å². The first-order valence-electron chi connectivity index (χ1n) is 13.4. The lowest BCUT2D eigenvalue weighted by molar-refractivity contribution is 0.596. The minimum atomic E-state index is 0.0747. The minimum Gasteiger partial charge on any atom is -0.292 e. The molecule has 0 amide bonds. The minimum absolute atomic E-state index is 0.0747. The van der Waals surface area contributed by atoms with Crippen LogP contribution in [0.5, 0.6) is 0 Å². The third-order valence-corrected chi connectivity index (χ3v) is 10.2. The highest BCUT2D eigenvalue weighted by Gasteiger charge is 2.23. The summed E-state index contributed by atoms with van der Waals surface area (Å²) in [6.45, 7) is 6.94. The largest absolute Gasteiger partial charge is 0.292 e. The van der Waals surface area contributed by atoms with Crippen molar-refractivity contribution in [3.05, 3.63) is 115 Å². The van der Waals surface area contributed by atoms with Crippen molar-refractivity contribution in [3.8, 4) is 0 Å². The lowest BCUT2D eigenvalue weighted by Gasteiger charge is -2.26. The van der Waals surface area contributed by atoms with Gasteiger partial charge in [0.05, 0.1) is 5.69 Å². The number of thiophene rings is 2. The summed E-state index contributed by atoms with van der Waals surface area (Å²) in [5, 5.41) is 13.1. The molecule has 0 saturated heterocycles. The fraction of sp³-hybridized carbons (Fsp3) is 0.111. The normalized spacial score (nSPS) is 12.5. The molecule has 0 aliphatic rings. The van der Waals surface area contributed by atoms with Gasteiger partial charge in [0.25, 0.3) is 0 Å². The lowest BCUT2D eigenvalue weighted by atomic mass is 9.81. The summed E-state index contributed by atoms with van der Waals surface area (Å²) in [6.07, 6.45) is 0. The fourth-order valence-electron chi connectivity index (χ4n) is 6.14. The van der Waals surface area contributed by atoms with E-state index in [0.29, 0.717) is 0 Å².